The first-order valence-corrected chi connectivity index (χ1v) is 4.98. The van der Waals surface area contributed by atoms with E-state index in [0.29, 0.717) is 6.54 Å². The zero-order chi connectivity index (χ0) is 10.7. The van der Waals surface area contributed by atoms with Gasteiger partial charge in [-0.15, -0.1) is 0 Å². The lowest BCUT2D eigenvalue weighted by molar-refractivity contribution is 0.155. The largest absolute Gasteiger partial charge is 0.387 e. The van der Waals surface area contributed by atoms with E-state index in [2.05, 4.69) is 4.98 Å². The minimum atomic E-state index is -0.473. The van der Waals surface area contributed by atoms with Gasteiger partial charge in [0.05, 0.1) is 12.6 Å². The fourth-order valence-corrected chi connectivity index (χ4v) is 1.56. The molecule has 0 fully saturated rings. The highest BCUT2D eigenvalue weighted by molar-refractivity contribution is 5.17. The second-order valence-electron chi connectivity index (χ2n) is 3.55. The Hall–Kier alpha value is -1.61. The van der Waals surface area contributed by atoms with E-state index in [1.807, 2.05) is 48.0 Å². The molecule has 15 heavy (non-hydrogen) atoms. The standard InChI is InChI=1S/C12H14N2O/c1-10-13-7-8-14(10)9-12(15)11-5-3-2-4-6-11/h2-8,12,15H,9H2,1H3/t12-/m1/s1. The Balaban J connectivity index is 2.11. The Morgan fingerprint density at radius 3 is 2.67 bits per heavy atom. The zero-order valence-corrected chi connectivity index (χ0v) is 8.67. The quantitative estimate of drug-likeness (QED) is 0.825. The summed E-state index contributed by atoms with van der Waals surface area (Å²) in [5, 5.41) is 9.97. The van der Waals surface area contributed by atoms with Crippen molar-refractivity contribution in [2.75, 3.05) is 0 Å². The molecule has 0 radical (unpaired) electrons. The molecule has 1 heterocycles. The van der Waals surface area contributed by atoms with Crippen LogP contribution in [-0.2, 0) is 6.54 Å². The molecule has 2 rings (SSSR count). The maximum atomic E-state index is 9.97. The third-order valence-electron chi connectivity index (χ3n) is 2.48. The normalized spacial score (nSPS) is 12.7. The summed E-state index contributed by atoms with van der Waals surface area (Å²) in [5.41, 5.74) is 0.936. The molecule has 0 aliphatic heterocycles. The number of imidazole rings is 1. The Kier molecular flexibility index (Phi) is 2.83. The third kappa shape index (κ3) is 2.25. The number of hydrogen-bond donors (Lipinski definition) is 1. The summed E-state index contributed by atoms with van der Waals surface area (Å²) in [5.74, 6) is 0.921. The molecule has 1 aromatic heterocycles. The maximum Gasteiger partial charge on any atom is 0.105 e. The van der Waals surface area contributed by atoms with Crippen LogP contribution in [0.4, 0.5) is 0 Å². The molecule has 0 aliphatic carbocycles. The van der Waals surface area contributed by atoms with Gasteiger partial charge in [0.1, 0.15) is 5.82 Å². The summed E-state index contributed by atoms with van der Waals surface area (Å²) in [6.07, 6.45) is 3.15. The van der Waals surface area contributed by atoms with Crippen LogP contribution in [-0.4, -0.2) is 14.7 Å². The fourth-order valence-electron chi connectivity index (χ4n) is 1.56. The monoisotopic (exact) mass is 202 g/mol. The van der Waals surface area contributed by atoms with Crippen LogP contribution in [0.3, 0.4) is 0 Å². The summed E-state index contributed by atoms with van der Waals surface area (Å²) >= 11 is 0. The maximum absolute atomic E-state index is 9.97. The molecule has 0 amide bonds. The van der Waals surface area contributed by atoms with E-state index in [4.69, 9.17) is 0 Å². The second-order valence-corrected chi connectivity index (χ2v) is 3.55. The highest BCUT2D eigenvalue weighted by Crippen LogP contribution is 2.14. The number of nitrogens with zero attached hydrogens (tertiary/aromatic N) is 2. The molecular formula is C12H14N2O. The smallest absolute Gasteiger partial charge is 0.105 e. The number of rotatable bonds is 3. The van der Waals surface area contributed by atoms with Crippen LogP contribution >= 0.6 is 0 Å². The van der Waals surface area contributed by atoms with Crippen LogP contribution in [0, 0.1) is 6.92 Å². The molecule has 78 valence electrons. The topological polar surface area (TPSA) is 38.0 Å². The van der Waals surface area contributed by atoms with E-state index in [1.54, 1.807) is 6.20 Å². The predicted octanol–water partition coefficient (Wildman–Crippen LogP) is 1.93. The lowest BCUT2D eigenvalue weighted by Crippen LogP contribution is -2.09. The molecule has 0 bridgehead atoms. The molecule has 2 aromatic rings. The summed E-state index contributed by atoms with van der Waals surface area (Å²) in [6.45, 7) is 2.48. The van der Waals surface area contributed by atoms with Gasteiger partial charge in [0.25, 0.3) is 0 Å². The van der Waals surface area contributed by atoms with E-state index in [1.165, 1.54) is 0 Å². The van der Waals surface area contributed by atoms with Crippen LogP contribution in [0.5, 0.6) is 0 Å². The lowest BCUT2D eigenvalue weighted by Gasteiger charge is -2.12. The summed E-state index contributed by atoms with van der Waals surface area (Å²) in [6, 6.07) is 9.66. The van der Waals surface area contributed by atoms with E-state index >= 15 is 0 Å². The number of aromatic nitrogens is 2. The molecule has 0 saturated carbocycles. The number of hydrogen-bond acceptors (Lipinski definition) is 2. The van der Waals surface area contributed by atoms with Crippen LogP contribution in [0.15, 0.2) is 42.7 Å². The average molecular weight is 202 g/mol. The second kappa shape index (κ2) is 4.28. The molecule has 1 aromatic carbocycles. The van der Waals surface area contributed by atoms with Crippen molar-refractivity contribution < 1.29 is 5.11 Å². The Morgan fingerprint density at radius 1 is 1.33 bits per heavy atom. The van der Waals surface area contributed by atoms with E-state index in [9.17, 15) is 5.11 Å². The van der Waals surface area contributed by atoms with Gasteiger partial charge in [-0.2, -0.15) is 0 Å². The Bertz CT molecular complexity index is 422. The third-order valence-corrected chi connectivity index (χ3v) is 2.48. The van der Waals surface area contributed by atoms with Gasteiger partial charge in [-0.3, -0.25) is 0 Å². The van der Waals surface area contributed by atoms with Gasteiger partial charge in [-0.1, -0.05) is 30.3 Å². The van der Waals surface area contributed by atoms with Crippen molar-refractivity contribution in [3.05, 3.63) is 54.1 Å². The molecule has 0 unspecified atom stereocenters. The first-order chi connectivity index (χ1) is 7.27. The molecular weight excluding hydrogens is 188 g/mol. The highest BCUT2D eigenvalue weighted by atomic mass is 16.3. The van der Waals surface area contributed by atoms with Crippen molar-refractivity contribution in [1.29, 1.82) is 0 Å². The summed E-state index contributed by atoms with van der Waals surface area (Å²) < 4.78 is 1.94. The van der Waals surface area contributed by atoms with E-state index < -0.39 is 6.10 Å². The molecule has 0 spiro atoms. The highest BCUT2D eigenvalue weighted by Gasteiger charge is 2.08. The molecule has 0 aliphatic rings. The molecule has 3 heteroatoms. The minimum absolute atomic E-state index is 0.473. The molecule has 0 saturated heterocycles. The SMILES string of the molecule is Cc1nccn1C[C@@H](O)c1ccccc1. The van der Waals surface area contributed by atoms with Crippen LogP contribution in [0.1, 0.15) is 17.5 Å². The van der Waals surface area contributed by atoms with Crippen molar-refractivity contribution in [1.82, 2.24) is 9.55 Å². The zero-order valence-electron chi connectivity index (χ0n) is 8.67. The van der Waals surface area contributed by atoms with Gasteiger partial charge in [0.2, 0.25) is 0 Å². The number of aliphatic hydroxyl groups is 1. The number of aliphatic hydroxyl groups excluding tert-OH is 1. The van der Waals surface area contributed by atoms with Crippen LogP contribution in [0.2, 0.25) is 0 Å². The van der Waals surface area contributed by atoms with Crippen molar-refractivity contribution in [3.63, 3.8) is 0 Å². The molecule has 3 nitrogen and oxygen atoms in total. The van der Waals surface area contributed by atoms with Gasteiger partial charge in [-0.05, 0) is 12.5 Å². The first-order valence-electron chi connectivity index (χ1n) is 4.98. The fraction of sp³-hybridized carbons (Fsp3) is 0.250. The minimum Gasteiger partial charge on any atom is -0.387 e. The lowest BCUT2D eigenvalue weighted by atomic mass is 10.1. The van der Waals surface area contributed by atoms with Crippen molar-refractivity contribution in [3.8, 4) is 0 Å². The first kappa shape index (κ1) is 9.93. The summed E-state index contributed by atoms with van der Waals surface area (Å²) in [4.78, 5) is 4.12. The van der Waals surface area contributed by atoms with E-state index in [0.717, 1.165) is 11.4 Å². The van der Waals surface area contributed by atoms with E-state index in [-0.39, 0.29) is 0 Å². The average Bonchev–Trinajstić information content (AvgIpc) is 2.66. The Morgan fingerprint density at radius 2 is 2.07 bits per heavy atom. The molecule has 1 N–H and O–H groups in total. The van der Waals surface area contributed by atoms with Gasteiger partial charge >= 0.3 is 0 Å². The van der Waals surface area contributed by atoms with Gasteiger partial charge in [0, 0.05) is 12.4 Å². The van der Waals surface area contributed by atoms with Crippen molar-refractivity contribution in [2.24, 2.45) is 0 Å². The van der Waals surface area contributed by atoms with Gasteiger partial charge in [0.15, 0.2) is 0 Å². The number of aryl methyl sites for hydroxylation is 1. The Labute approximate surface area is 89.0 Å². The molecule has 1 atom stereocenters. The van der Waals surface area contributed by atoms with Gasteiger partial charge < -0.3 is 9.67 Å². The van der Waals surface area contributed by atoms with Crippen LogP contribution < -0.4 is 0 Å². The van der Waals surface area contributed by atoms with Crippen LogP contribution in [0.25, 0.3) is 0 Å². The van der Waals surface area contributed by atoms with Crippen molar-refractivity contribution >= 4 is 0 Å². The summed E-state index contributed by atoms with van der Waals surface area (Å²) in [7, 11) is 0. The van der Waals surface area contributed by atoms with Gasteiger partial charge in [-0.25, -0.2) is 4.98 Å². The predicted molar refractivity (Wildman–Crippen MR) is 58.4 cm³/mol. The van der Waals surface area contributed by atoms with Crippen molar-refractivity contribution in [2.45, 2.75) is 19.6 Å². The number of benzene rings is 1.